The summed E-state index contributed by atoms with van der Waals surface area (Å²) in [7, 11) is 0. The molecule has 6 nitrogen and oxygen atoms in total. The lowest BCUT2D eigenvalue weighted by atomic mass is 10.1. The second-order valence-corrected chi connectivity index (χ2v) is 4.39. The van der Waals surface area contributed by atoms with Gasteiger partial charge in [0.1, 0.15) is 0 Å². The summed E-state index contributed by atoms with van der Waals surface area (Å²) < 4.78 is 10.6. The van der Waals surface area contributed by atoms with Gasteiger partial charge in [-0.15, -0.1) is 0 Å². The summed E-state index contributed by atoms with van der Waals surface area (Å²) in [6.07, 6.45) is -1.05. The second-order valence-electron chi connectivity index (χ2n) is 4.39. The number of hydrogen-bond donors (Lipinski definition) is 0. The lowest BCUT2D eigenvalue weighted by Crippen LogP contribution is -2.21. The summed E-state index contributed by atoms with van der Waals surface area (Å²) >= 11 is 0. The molecular weight excluding hydrogens is 286 g/mol. The van der Waals surface area contributed by atoms with E-state index < -0.39 is 17.0 Å². The molecule has 2 aromatic carbocycles. The van der Waals surface area contributed by atoms with Crippen LogP contribution in [0.1, 0.15) is 18.6 Å². The van der Waals surface area contributed by atoms with Crippen molar-refractivity contribution in [1.29, 1.82) is 0 Å². The van der Waals surface area contributed by atoms with Gasteiger partial charge in [-0.3, -0.25) is 10.1 Å². The molecule has 0 radical (unpaired) electrons. The Morgan fingerprint density at radius 2 is 1.77 bits per heavy atom. The van der Waals surface area contributed by atoms with E-state index in [1.807, 2.05) is 0 Å². The molecule has 0 N–H and O–H groups in total. The number of hydrogen-bond acceptors (Lipinski definition) is 5. The van der Waals surface area contributed by atoms with Crippen LogP contribution in [0.2, 0.25) is 0 Å². The molecule has 0 saturated carbocycles. The molecular formula is C16H15NO5. The van der Waals surface area contributed by atoms with Crippen LogP contribution in [0.3, 0.4) is 0 Å². The number of carbonyl (C=O) groups is 1. The van der Waals surface area contributed by atoms with Gasteiger partial charge in [-0.05, 0) is 13.0 Å². The summed E-state index contributed by atoms with van der Waals surface area (Å²) in [5.74, 6) is -0.568. The van der Waals surface area contributed by atoms with Gasteiger partial charge in [0.25, 0.3) is 0 Å². The average molecular weight is 301 g/mol. The number of esters is 1. The van der Waals surface area contributed by atoms with Gasteiger partial charge >= 0.3 is 11.7 Å². The van der Waals surface area contributed by atoms with Gasteiger partial charge in [0, 0.05) is 11.6 Å². The van der Waals surface area contributed by atoms with Crippen LogP contribution >= 0.6 is 0 Å². The molecule has 114 valence electrons. The summed E-state index contributed by atoms with van der Waals surface area (Å²) in [4.78, 5) is 22.6. The Kier molecular flexibility index (Phi) is 5.08. The zero-order valence-electron chi connectivity index (χ0n) is 12.0. The topological polar surface area (TPSA) is 78.7 Å². The van der Waals surface area contributed by atoms with Crippen molar-refractivity contribution in [3.63, 3.8) is 0 Å². The van der Waals surface area contributed by atoms with E-state index in [2.05, 4.69) is 0 Å². The van der Waals surface area contributed by atoms with Gasteiger partial charge in [-0.25, -0.2) is 4.79 Å². The predicted octanol–water partition coefficient (Wildman–Crippen LogP) is 3.28. The molecule has 0 fully saturated rings. The van der Waals surface area contributed by atoms with Crippen molar-refractivity contribution in [3.8, 4) is 5.75 Å². The molecule has 22 heavy (non-hydrogen) atoms. The largest absolute Gasteiger partial charge is 0.467 e. The van der Waals surface area contributed by atoms with Gasteiger partial charge < -0.3 is 9.47 Å². The van der Waals surface area contributed by atoms with Crippen LogP contribution in [-0.4, -0.2) is 17.5 Å². The van der Waals surface area contributed by atoms with Crippen LogP contribution in [0.25, 0.3) is 0 Å². The molecule has 0 saturated heterocycles. The molecule has 0 aliphatic rings. The summed E-state index contributed by atoms with van der Waals surface area (Å²) in [5.41, 5.74) is 0.367. The van der Waals surface area contributed by atoms with E-state index in [9.17, 15) is 14.9 Å². The van der Waals surface area contributed by atoms with Crippen LogP contribution in [0, 0.1) is 10.1 Å². The number of nitro groups is 1. The van der Waals surface area contributed by atoms with Crippen LogP contribution in [0.5, 0.6) is 5.75 Å². The molecule has 2 aromatic rings. The normalized spacial score (nSPS) is 11.5. The third kappa shape index (κ3) is 3.60. The van der Waals surface area contributed by atoms with Gasteiger partial charge in [0.05, 0.1) is 11.5 Å². The highest BCUT2D eigenvalue weighted by molar-refractivity contribution is 5.77. The van der Waals surface area contributed by atoms with Crippen LogP contribution in [-0.2, 0) is 9.53 Å². The van der Waals surface area contributed by atoms with Gasteiger partial charge in [0.2, 0.25) is 6.10 Å². The predicted molar refractivity (Wildman–Crippen MR) is 79.5 cm³/mol. The van der Waals surface area contributed by atoms with Gasteiger partial charge in [-0.2, -0.15) is 0 Å². The number of nitrogens with zero attached hydrogens (tertiary/aromatic N) is 1. The SMILES string of the molecule is CCOC(=O)[C@H](Oc1ccccc1[N+](=O)[O-])c1ccccc1. The van der Waals surface area contributed by atoms with Crippen molar-refractivity contribution in [2.75, 3.05) is 6.61 Å². The molecule has 0 bridgehead atoms. The molecule has 6 heteroatoms. The second kappa shape index (κ2) is 7.21. The molecule has 0 spiro atoms. The first-order chi connectivity index (χ1) is 10.6. The first-order valence-corrected chi connectivity index (χ1v) is 6.75. The van der Waals surface area contributed by atoms with Crippen molar-refractivity contribution in [2.45, 2.75) is 13.0 Å². The third-order valence-electron chi connectivity index (χ3n) is 2.91. The Morgan fingerprint density at radius 3 is 2.41 bits per heavy atom. The van der Waals surface area contributed by atoms with Gasteiger partial charge in [-0.1, -0.05) is 42.5 Å². The summed E-state index contributed by atoms with van der Waals surface area (Å²) in [6, 6.07) is 14.6. The van der Waals surface area contributed by atoms with Crippen molar-refractivity contribution in [3.05, 3.63) is 70.3 Å². The molecule has 2 rings (SSSR count). The van der Waals surface area contributed by atoms with Gasteiger partial charge in [0.15, 0.2) is 5.75 Å². The third-order valence-corrected chi connectivity index (χ3v) is 2.91. The number of carbonyl (C=O) groups excluding carboxylic acids is 1. The van der Waals surface area contributed by atoms with Crippen molar-refractivity contribution in [1.82, 2.24) is 0 Å². The van der Waals surface area contributed by atoms with E-state index in [1.54, 1.807) is 43.3 Å². The number of ether oxygens (including phenoxy) is 2. The van der Waals surface area contributed by atoms with Crippen LogP contribution in [0.15, 0.2) is 54.6 Å². The van der Waals surface area contributed by atoms with Crippen molar-refractivity contribution >= 4 is 11.7 Å². The highest BCUT2D eigenvalue weighted by atomic mass is 16.6. The Bertz CT molecular complexity index is 657. The standard InChI is InChI=1S/C16H15NO5/c1-2-21-16(18)15(12-8-4-3-5-9-12)22-14-11-7-6-10-13(14)17(19)20/h3-11,15H,2H2,1H3/t15-/m1/s1. The minimum absolute atomic E-state index is 0.0226. The van der Waals surface area contributed by atoms with E-state index in [-0.39, 0.29) is 18.0 Å². The summed E-state index contributed by atoms with van der Waals surface area (Å²) in [6.45, 7) is 1.88. The smallest absolute Gasteiger partial charge is 0.352 e. The van der Waals surface area contributed by atoms with Crippen LogP contribution in [0.4, 0.5) is 5.69 Å². The molecule has 0 unspecified atom stereocenters. The van der Waals surface area contributed by atoms with E-state index in [1.165, 1.54) is 18.2 Å². The first kappa shape index (κ1) is 15.5. The number of nitro benzene ring substituents is 1. The lowest BCUT2D eigenvalue weighted by molar-refractivity contribution is -0.386. The molecule has 0 heterocycles. The fourth-order valence-electron chi connectivity index (χ4n) is 1.93. The molecule has 0 amide bonds. The zero-order valence-corrected chi connectivity index (χ0v) is 12.0. The molecule has 0 aliphatic carbocycles. The number of rotatable bonds is 6. The highest BCUT2D eigenvalue weighted by Gasteiger charge is 2.27. The molecule has 1 atom stereocenters. The van der Waals surface area contributed by atoms with E-state index in [0.717, 1.165) is 0 Å². The monoisotopic (exact) mass is 301 g/mol. The Labute approximate surface area is 127 Å². The molecule has 0 aliphatic heterocycles. The lowest BCUT2D eigenvalue weighted by Gasteiger charge is -2.17. The van der Waals surface area contributed by atoms with Crippen molar-refractivity contribution in [2.24, 2.45) is 0 Å². The fraction of sp³-hybridized carbons (Fsp3) is 0.188. The average Bonchev–Trinajstić information content (AvgIpc) is 2.53. The highest BCUT2D eigenvalue weighted by Crippen LogP contribution is 2.31. The van der Waals surface area contributed by atoms with Crippen molar-refractivity contribution < 1.29 is 19.2 Å². The Balaban J connectivity index is 2.35. The first-order valence-electron chi connectivity index (χ1n) is 6.75. The Morgan fingerprint density at radius 1 is 1.14 bits per heavy atom. The zero-order chi connectivity index (χ0) is 15.9. The molecule has 0 aromatic heterocycles. The maximum absolute atomic E-state index is 12.1. The minimum Gasteiger partial charge on any atom is -0.467 e. The van der Waals surface area contributed by atoms with E-state index in [4.69, 9.17) is 9.47 Å². The number of benzene rings is 2. The summed E-state index contributed by atoms with van der Waals surface area (Å²) in [5, 5.41) is 11.0. The van der Waals surface area contributed by atoms with E-state index >= 15 is 0 Å². The quantitative estimate of drug-likeness (QED) is 0.465. The van der Waals surface area contributed by atoms with E-state index in [0.29, 0.717) is 5.56 Å². The van der Waals surface area contributed by atoms with Crippen LogP contribution < -0.4 is 4.74 Å². The maximum atomic E-state index is 12.1. The Hall–Kier alpha value is -2.89. The fourth-order valence-corrected chi connectivity index (χ4v) is 1.93. The maximum Gasteiger partial charge on any atom is 0.352 e. The minimum atomic E-state index is -1.05. The number of para-hydroxylation sites is 2.